The molecule has 0 radical (unpaired) electrons. The summed E-state index contributed by atoms with van der Waals surface area (Å²) in [5, 5.41) is 10.7. The van der Waals surface area contributed by atoms with Crippen molar-refractivity contribution in [3.63, 3.8) is 0 Å². The molecule has 0 bridgehead atoms. The Morgan fingerprint density at radius 1 is 1.02 bits per heavy atom. The number of nitrogens with one attached hydrogen (secondary N) is 3. The fourth-order valence-electron chi connectivity index (χ4n) is 8.59. The average Bonchev–Trinajstić information content (AvgIpc) is 3.94. The summed E-state index contributed by atoms with van der Waals surface area (Å²) in [7, 11) is 1.69. The van der Waals surface area contributed by atoms with Crippen LogP contribution in [0.4, 0.5) is 10.1 Å². The van der Waals surface area contributed by atoms with Crippen LogP contribution in [0.2, 0.25) is 0 Å². The number of piperidine rings is 1. The number of piperazine rings is 1. The fraction of sp³-hybridized carbons (Fsp3) is 0.364. The fourth-order valence-corrected chi connectivity index (χ4v) is 8.59. The molecule has 0 spiro atoms. The van der Waals surface area contributed by atoms with E-state index in [9.17, 15) is 19.2 Å². The number of aromatic amines is 1. The van der Waals surface area contributed by atoms with Gasteiger partial charge in [-0.1, -0.05) is 44.1 Å². The zero-order valence-corrected chi connectivity index (χ0v) is 34.8. The number of carbonyl (C=O) groups is 3. The molecule has 3 amide bonds. The zero-order chi connectivity index (χ0) is 42.9. The predicted octanol–water partition coefficient (Wildman–Crippen LogP) is 5.35. The van der Waals surface area contributed by atoms with Crippen molar-refractivity contribution >= 4 is 56.4 Å². The molecule has 1 unspecified atom stereocenters. The molecule has 4 aromatic heterocycles. The highest BCUT2D eigenvalue weighted by atomic mass is 19.1. The van der Waals surface area contributed by atoms with Crippen LogP contribution < -0.4 is 21.2 Å². The highest BCUT2D eigenvalue weighted by molar-refractivity contribution is 6.12. The first kappa shape index (κ1) is 39.7. The third-order valence-electron chi connectivity index (χ3n) is 12.0. The summed E-state index contributed by atoms with van der Waals surface area (Å²) in [6.07, 6.45) is 1.90. The number of rotatable bonds is 8. The summed E-state index contributed by atoms with van der Waals surface area (Å²) >= 11 is 0. The molecule has 3 N–H and O–H groups in total. The van der Waals surface area contributed by atoms with Gasteiger partial charge < -0.3 is 19.7 Å². The van der Waals surface area contributed by atoms with Crippen LogP contribution in [0.5, 0.6) is 0 Å². The Labute approximate surface area is 349 Å². The highest BCUT2D eigenvalue weighted by Crippen LogP contribution is 2.37. The van der Waals surface area contributed by atoms with Crippen LogP contribution in [0.25, 0.3) is 44.2 Å². The number of anilines is 1. The number of imide groups is 1. The van der Waals surface area contributed by atoms with Crippen LogP contribution in [0.3, 0.4) is 0 Å². The summed E-state index contributed by atoms with van der Waals surface area (Å²) < 4.78 is 24.7. The third kappa shape index (κ3) is 7.11. The Balaban J connectivity index is 0.903. The van der Waals surface area contributed by atoms with Crippen LogP contribution >= 0.6 is 0 Å². The van der Waals surface area contributed by atoms with Crippen molar-refractivity contribution in [1.29, 1.82) is 0 Å². The van der Waals surface area contributed by atoms with Gasteiger partial charge in [0.15, 0.2) is 0 Å². The minimum Gasteiger partial charge on any atom is -0.369 e. The lowest BCUT2D eigenvalue weighted by molar-refractivity contribution is -0.135. The molecule has 9 rings (SSSR count). The summed E-state index contributed by atoms with van der Waals surface area (Å²) in [6, 6.07) is 14.3. The Morgan fingerprint density at radius 3 is 2.54 bits per heavy atom. The lowest BCUT2D eigenvalue weighted by Gasteiger charge is -2.36. The van der Waals surface area contributed by atoms with E-state index >= 15 is 4.39 Å². The molecule has 314 valence electrons. The van der Waals surface area contributed by atoms with E-state index in [-0.39, 0.29) is 30.3 Å². The summed E-state index contributed by atoms with van der Waals surface area (Å²) in [5.41, 5.74) is 6.03. The lowest BCUT2D eigenvalue weighted by Crippen LogP contribution is -2.46. The monoisotopic (exact) mass is 827 g/mol. The SMILES string of the molecule is Cc1c([C@@H](C)NC(=O)c2noc(C(C)(C)C)n2)ccc(-c2ncnc3[nH]c4cc(N5CCN(Cc6ccc7c(c6)n(C6CCC(=O)NC6=O)c(=O)n7C)CC5)ccc4c23)c1F. The maximum atomic E-state index is 16.3. The highest BCUT2D eigenvalue weighted by Gasteiger charge is 2.32. The smallest absolute Gasteiger partial charge is 0.329 e. The molecule has 16 nitrogen and oxygen atoms in total. The molecule has 17 heteroatoms. The number of halogens is 1. The molecule has 7 aromatic rings. The second-order valence-corrected chi connectivity index (χ2v) is 17.1. The standard InChI is InChI=1S/C44H46FN11O5/c1-23-27(24(2)48-41(59)39-51-42(61-52-39)44(3,4)5)10-11-29(36(23)45)37-35-28-9-8-26(20-30(28)49-38(35)47-22-46-37)55-17-15-54(16-18-55)21-25-7-12-31-33(19-25)56(43(60)53(31)6)32-13-14-34(57)50-40(32)58/h7-12,19-20,22,24,32H,13-18,21H2,1-6H3,(H,48,59)(H,46,47,49)(H,50,57,58)/t24-,32?/m1/s1. The Kier molecular flexibility index (Phi) is 9.80. The molecule has 2 aliphatic heterocycles. The van der Waals surface area contributed by atoms with E-state index in [2.05, 4.69) is 57.7 Å². The van der Waals surface area contributed by atoms with Gasteiger partial charge >= 0.3 is 5.69 Å². The zero-order valence-electron chi connectivity index (χ0n) is 34.8. The molecular formula is C44H46FN11O5. The van der Waals surface area contributed by atoms with E-state index in [1.807, 2.05) is 45.0 Å². The quantitative estimate of drug-likeness (QED) is 0.168. The van der Waals surface area contributed by atoms with E-state index in [1.165, 1.54) is 10.9 Å². The Hall–Kier alpha value is -6.75. The number of carbonyl (C=O) groups excluding carboxylic acids is 3. The molecule has 2 aliphatic rings. The summed E-state index contributed by atoms with van der Waals surface area (Å²) in [6.45, 7) is 13.1. The van der Waals surface area contributed by atoms with Crippen molar-refractivity contribution < 1.29 is 23.3 Å². The molecule has 2 saturated heterocycles. The number of benzene rings is 3. The second kappa shape index (κ2) is 15.1. The number of nitrogens with zero attached hydrogens (tertiary/aromatic N) is 8. The number of hydrogen-bond acceptors (Lipinski definition) is 11. The van der Waals surface area contributed by atoms with E-state index in [0.717, 1.165) is 53.8 Å². The van der Waals surface area contributed by atoms with Crippen molar-refractivity contribution in [3.05, 3.63) is 99.6 Å². The molecule has 6 heterocycles. The molecule has 2 atom stereocenters. The Morgan fingerprint density at radius 2 is 1.80 bits per heavy atom. The third-order valence-corrected chi connectivity index (χ3v) is 12.0. The van der Waals surface area contributed by atoms with E-state index in [4.69, 9.17) is 4.52 Å². The van der Waals surface area contributed by atoms with Gasteiger partial charge in [0.25, 0.3) is 11.7 Å². The number of fused-ring (bicyclic) bond motifs is 4. The van der Waals surface area contributed by atoms with Crippen molar-refractivity contribution in [2.75, 3.05) is 31.1 Å². The number of amides is 3. The van der Waals surface area contributed by atoms with Crippen molar-refractivity contribution in [2.45, 2.75) is 71.5 Å². The van der Waals surface area contributed by atoms with Crippen LogP contribution in [0.15, 0.2) is 64.2 Å². The first-order chi connectivity index (χ1) is 29.2. The van der Waals surface area contributed by atoms with Gasteiger partial charge in [0.2, 0.25) is 17.7 Å². The van der Waals surface area contributed by atoms with Crippen molar-refractivity contribution in [3.8, 4) is 11.3 Å². The second-order valence-electron chi connectivity index (χ2n) is 17.1. The molecule has 2 fully saturated rings. The average molecular weight is 828 g/mol. The number of aryl methyl sites for hydroxylation is 1. The molecule has 3 aromatic carbocycles. The number of hydrogen-bond donors (Lipinski definition) is 3. The van der Waals surface area contributed by atoms with E-state index in [0.29, 0.717) is 51.4 Å². The van der Waals surface area contributed by atoms with E-state index < -0.39 is 35.1 Å². The van der Waals surface area contributed by atoms with Crippen LogP contribution in [-0.2, 0) is 28.6 Å². The summed E-state index contributed by atoms with van der Waals surface area (Å²) in [4.78, 5) is 72.2. The maximum absolute atomic E-state index is 16.3. The lowest BCUT2D eigenvalue weighted by atomic mass is 9.96. The van der Waals surface area contributed by atoms with Crippen LogP contribution in [0, 0.1) is 12.7 Å². The van der Waals surface area contributed by atoms with Gasteiger partial charge in [-0.2, -0.15) is 4.98 Å². The van der Waals surface area contributed by atoms with Gasteiger partial charge in [-0.3, -0.25) is 33.7 Å². The molecule has 61 heavy (non-hydrogen) atoms. The first-order valence-corrected chi connectivity index (χ1v) is 20.4. The predicted molar refractivity (Wildman–Crippen MR) is 226 cm³/mol. The normalized spacial score (nSPS) is 17.1. The minimum absolute atomic E-state index is 0.0815. The number of imidazole rings is 1. The Bertz CT molecular complexity index is 2970. The van der Waals surface area contributed by atoms with Crippen molar-refractivity contribution in [1.82, 2.24) is 49.8 Å². The van der Waals surface area contributed by atoms with Gasteiger partial charge in [-0.05, 0) is 67.3 Å². The molecular weight excluding hydrogens is 782 g/mol. The molecule has 0 saturated carbocycles. The minimum atomic E-state index is -0.734. The van der Waals surface area contributed by atoms with Gasteiger partial charge in [0, 0.05) is 73.8 Å². The first-order valence-electron chi connectivity index (χ1n) is 20.4. The largest absolute Gasteiger partial charge is 0.369 e. The number of H-pyrrole nitrogens is 1. The van der Waals surface area contributed by atoms with Gasteiger partial charge in [-0.25, -0.2) is 19.2 Å². The summed E-state index contributed by atoms with van der Waals surface area (Å²) in [5.74, 6) is -1.46. The maximum Gasteiger partial charge on any atom is 0.329 e. The van der Waals surface area contributed by atoms with Crippen molar-refractivity contribution in [2.24, 2.45) is 7.05 Å². The van der Waals surface area contributed by atoms with E-state index in [1.54, 1.807) is 37.6 Å². The topological polar surface area (TPSA) is 189 Å². The number of aromatic nitrogens is 7. The van der Waals surface area contributed by atoms with Gasteiger partial charge in [0.05, 0.1) is 28.2 Å². The van der Waals surface area contributed by atoms with Crippen LogP contribution in [0.1, 0.15) is 85.8 Å². The molecule has 0 aliphatic carbocycles. The van der Waals surface area contributed by atoms with Gasteiger partial charge in [-0.15, -0.1) is 0 Å². The van der Waals surface area contributed by atoms with Crippen LogP contribution in [-0.4, -0.2) is 83.0 Å². The van der Waals surface area contributed by atoms with Gasteiger partial charge in [0.1, 0.15) is 23.8 Å².